The van der Waals surface area contributed by atoms with Gasteiger partial charge >= 0.3 is 0 Å². The smallest absolute Gasteiger partial charge is 0.150 e. The van der Waals surface area contributed by atoms with Gasteiger partial charge in [0, 0.05) is 35.6 Å². The monoisotopic (exact) mass is 371 g/mol. The molecule has 1 saturated carbocycles. The van der Waals surface area contributed by atoms with Crippen molar-refractivity contribution in [2.24, 2.45) is 0 Å². The summed E-state index contributed by atoms with van der Waals surface area (Å²) in [4.78, 5) is 9.23. The van der Waals surface area contributed by atoms with Crippen LogP contribution in [0.4, 0.5) is 11.5 Å². The number of benzene rings is 2. The lowest BCUT2D eigenvalue weighted by Gasteiger charge is -2.23. The molecule has 140 valence electrons. The Morgan fingerprint density at radius 1 is 1.00 bits per heavy atom. The molecule has 4 N–H and O–H groups in total. The fourth-order valence-corrected chi connectivity index (χ4v) is 3.64. The van der Waals surface area contributed by atoms with Gasteiger partial charge in [0.2, 0.25) is 0 Å². The number of nitrogens with zero attached hydrogens (tertiary/aromatic N) is 3. The van der Waals surface area contributed by atoms with Crippen LogP contribution < -0.4 is 16.2 Å². The van der Waals surface area contributed by atoms with Crippen LogP contribution in [0.2, 0.25) is 0 Å². The molecule has 0 atom stereocenters. The Kier molecular flexibility index (Phi) is 3.90. The molecular formula is C22H21N5O. The van der Waals surface area contributed by atoms with E-state index in [0.717, 1.165) is 28.3 Å². The predicted molar refractivity (Wildman–Crippen MR) is 110 cm³/mol. The molecule has 0 saturated heterocycles. The molecule has 1 fully saturated rings. The van der Waals surface area contributed by atoms with Crippen LogP contribution in [0.3, 0.4) is 0 Å². The van der Waals surface area contributed by atoms with E-state index in [-0.39, 0.29) is 0 Å². The highest BCUT2D eigenvalue weighted by atomic mass is 16.5. The van der Waals surface area contributed by atoms with Crippen molar-refractivity contribution in [2.45, 2.75) is 25.2 Å². The number of rotatable bonds is 4. The lowest BCUT2D eigenvalue weighted by Crippen LogP contribution is -2.12. The van der Waals surface area contributed by atoms with Crippen LogP contribution in [0.25, 0.3) is 16.8 Å². The number of hydrogen-bond donors (Lipinski definition) is 2. The summed E-state index contributed by atoms with van der Waals surface area (Å²) in [5.41, 5.74) is 15.4. The summed E-state index contributed by atoms with van der Waals surface area (Å²) in [5.74, 6) is 3.51. The second-order valence-corrected chi connectivity index (χ2v) is 7.18. The number of fused-ring (bicyclic) bond motifs is 1. The first kappa shape index (κ1) is 16.6. The summed E-state index contributed by atoms with van der Waals surface area (Å²) >= 11 is 0. The molecule has 1 aliphatic rings. The maximum atomic E-state index is 6.21. The third-order valence-corrected chi connectivity index (χ3v) is 5.30. The molecule has 6 heteroatoms. The summed E-state index contributed by atoms with van der Waals surface area (Å²) in [6.45, 7) is 0. The zero-order valence-electron chi connectivity index (χ0n) is 15.4. The highest BCUT2D eigenvalue weighted by Gasteiger charge is 2.26. The van der Waals surface area contributed by atoms with Crippen molar-refractivity contribution in [3.8, 4) is 22.8 Å². The van der Waals surface area contributed by atoms with E-state index in [2.05, 4.69) is 9.38 Å². The molecule has 28 heavy (non-hydrogen) atoms. The molecule has 2 heterocycles. The van der Waals surface area contributed by atoms with E-state index in [9.17, 15) is 0 Å². The molecule has 0 unspecified atom stereocenters. The summed E-state index contributed by atoms with van der Waals surface area (Å²) in [5, 5.41) is 0. The molecule has 0 aliphatic heterocycles. The normalized spacial score (nSPS) is 14.1. The summed E-state index contributed by atoms with van der Waals surface area (Å²) < 4.78 is 7.98. The van der Waals surface area contributed by atoms with Crippen molar-refractivity contribution in [3.05, 3.63) is 66.7 Å². The Morgan fingerprint density at radius 2 is 1.82 bits per heavy atom. The summed E-state index contributed by atoms with van der Waals surface area (Å²) in [6, 6.07) is 15.2. The molecule has 6 nitrogen and oxygen atoms in total. The Labute approximate surface area is 162 Å². The maximum Gasteiger partial charge on any atom is 0.150 e. The fraction of sp³-hybridized carbons (Fsp3) is 0.182. The Hall–Kier alpha value is -3.54. The first-order chi connectivity index (χ1) is 13.7. The highest BCUT2D eigenvalue weighted by Crippen LogP contribution is 2.39. The van der Waals surface area contributed by atoms with Crippen LogP contribution >= 0.6 is 0 Å². The van der Waals surface area contributed by atoms with Gasteiger partial charge in [0.1, 0.15) is 34.4 Å². The molecule has 0 bridgehead atoms. The molecule has 2 aromatic heterocycles. The third kappa shape index (κ3) is 2.83. The molecule has 4 aromatic rings. The third-order valence-electron chi connectivity index (χ3n) is 5.30. The van der Waals surface area contributed by atoms with Gasteiger partial charge in [-0.25, -0.2) is 9.97 Å². The molecule has 0 spiro atoms. The average Bonchev–Trinajstić information content (AvgIpc) is 3.02. The van der Waals surface area contributed by atoms with Crippen molar-refractivity contribution in [1.82, 2.24) is 14.4 Å². The molecule has 2 aromatic carbocycles. The lowest BCUT2D eigenvalue weighted by atomic mass is 9.85. The number of nitrogens with two attached hydrogens (primary N) is 2. The predicted octanol–water partition coefficient (Wildman–Crippen LogP) is 4.62. The molecule has 0 amide bonds. The average molecular weight is 371 g/mol. The highest BCUT2D eigenvalue weighted by molar-refractivity contribution is 5.85. The minimum atomic E-state index is 0.495. The van der Waals surface area contributed by atoms with Crippen LogP contribution in [-0.4, -0.2) is 14.4 Å². The molecule has 1 aliphatic carbocycles. The van der Waals surface area contributed by atoms with E-state index in [1.54, 1.807) is 12.3 Å². The van der Waals surface area contributed by atoms with Crippen LogP contribution in [0.15, 0.2) is 60.9 Å². The molecule has 5 rings (SSSR count). The lowest BCUT2D eigenvalue weighted by molar-refractivity contribution is 0.400. The largest absolute Gasteiger partial charge is 0.457 e. The molecular weight excluding hydrogens is 350 g/mol. The summed E-state index contributed by atoms with van der Waals surface area (Å²) in [6.07, 6.45) is 7.29. The van der Waals surface area contributed by atoms with Gasteiger partial charge < -0.3 is 16.2 Å². The number of ether oxygens (including phenoxy) is 1. The number of aromatic nitrogens is 3. The maximum absolute atomic E-state index is 6.21. The topological polar surface area (TPSA) is 91.5 Å². The Bertz CT molecular complexity index is 1150. The van der Waals surface area contributed by atoms with Crippen molar-refractivity contribution in [1.29, 1.82) is 0 Å². The number of hydrogen-bond acceptors (Lipinski definition) is 5. The standard InChI is InChI=1S/C22H21N5O/c23-16-5-2-6-18(13-16)28-17-9-7-14(8-10-17)19-20-21(24)25-11-12-27(20)22(26-19)15-3-1-4-15/h2,5-13,15H,1,3-4,23H2,(H2,24,25). The number of anilines is 2. The molecule has 0 radical (unpaired) electrons. The first-order valence-corrected chi connectivity index (χ1v) is 9.45. The number of nitrogen functional groups attached to an aromatic ring is 2. The van der Waals surface area contributed by atoms with Crippen molar-refractivity contribution in [2.75, 3.05) is 11.5 Å². The van der Waals surface area contributed by atoms with Crippen molar-refractivity contribution < 1.29 is 4.74 Å². The second-order valence-electron chi connectivity index (χ2n) is 7.18. The zero-order valence-corrected chi connectivity index (χ0v) is 15.4. The minimum absolute atomic E-state index is 0.495. The fourth-order valence-electron chi connectivity index (χ4n) is 3.64. The SMILES string of the molecule is Nc1cccc(Oc2ccc(-c3nc(C4CCC4)n4ccnc(N)c34)cc2)c1. The van der Waals surface area contributed by atoms with E-state index >= 15 is 0 Å². The second kappa shape index (κ2) is 6.56. The number of imidazole rings is 1. The van der Waals surface area contributed by atoms with Crippen LogP contribution in [-0.2, 0) is 0 Å². The Morgan fingerprint density at radius 3 is 2.54 bits per heavy atom. The minimum Gasteiger partial charge on any atom is -0.457 e. The van der Waals surface area contributed by atoms with E-state index in [4.69, 9.17) is 21.2 Å². The van der Waals surface area contributed by atoms with Gasteiger partial charge in [-0.05, 0) is 49.2 Å². The van der Waals surface area contributed by atoms with Crippen LogP contribution in [0, 0.1) is 0 Å². The first-order valence-electron chi connectivity index (χ1n) is 9.45. The van der Waals surface area contributed by atoms with E-state index < -0.39 is 0 Å². The van der Waals surface area contributed by atoms with Crippen LogP contribution in [0.1, 0.15) is 31.0 Å². The van der Waals surface area contributed by atoms with Crippen molar-refractivity contribution in [3.63, 3.8) is 0 Å². The van der Waals surface area contributed by atoms with Gasteiger partial charge in [0.05, 0.1) is 0 Å². The summed E-state index contributed by atoms with van der Waals surface area (Å²) in [7, 11) is 0. The van der Waals surface area contributed by atoms with Gasteiger partial charge in [-0.1, -0.05) is 12.5 Å². The quantitative estimate of drug-likeness (QED) is 0.511. The van der Waals surface area contributed by atoms with Crippen LogP contribution in [0.5, 0.6) is 11.5 Å². The zero-order chi connectivity index (χ0) is 19.1. The Balaban J connectivity index is 1.51. The van der Waals surface area contributed by atoms with Gasteiger partial charge in [0.25, 0.3) is 0 Å². The van der Waals surface area contributed by atoms with E-state index in [1.165, 1.54) is 19.3 Å². The van der Waals surface area contributed by atoms with E-state index in [1.807, 2.05) is 48.7 Å². The van der Waals surface area contributed by atoms with Crippen molar-refractivity contribution >= 4 is 17.0 Å². The van der Waals surface area contributed by atoms with Gasteiger partial charge in [-0.2, -0.15) is 0 Å². The van der Waals surface area contributed by atoms with Gasteiger partial charge in [-0.3, -0.25) is 4.40 Å². The van der Waals surface area contributed by atoms with Gasteiger partial charge in [0.15, 0.2) is 0 Å². The van der Waals surface area contributed by atoms with E-state index in [0.29, 0.717) is 23.2 Å². The van der Waals surface area contributed by atoms with Gasteiger partial charge in [-0.15, -0.1) is 0 Å².